The van der Waals surface area contributed by atoms with Crippen molar-refractivity contribution in [2.75, 3.05) is 11.9 Å². The van der Waals surface area contributed by atoms with Gasteiger partial charge in [0.2, 0.25) is 5.91 Å². The highest BCUT2D eigenvalue weighted by Crippen LogP contribution is 2.18. The lowest BCUT2D eigenvalue weighted by atomic mass is 10.3. The Hall–Kier alpha value is -2.64. The Morgan fingerprint density at radius 2 is 2.00 bits per heavy atom. The molecule has 2 aromatic rings. The number of imide groups is 1. The lowest BCUT2D eigenvalue weighted by molar-refractivity contribution is -0.127. The molecule has 0 unspecified atom stereocenters. The van der Waals surface area contributed by atoms with E-state index in [1.165, 1.54) is 11.3 Å². The number of benzene rings is 1. The number of carbonyl (C=O) groups excluding carboxylic acids is 3. The molecule has 2 heterocycles. The van der Waals surface area contributed by atoms with Crippen LogP contribution < -0.4 is 10.6 Å². The summed E-state index contributed by atoms with van der Waals surface area (Å²) in [6, 6.07) is 9.58. The number of nitrogens with zero attached hydrogens (tertiary/aromatic N) is 1. The first-order valence-corrected chi connectivity index (χ1v) is 8.22. The largest absolute Gasteiger partial charge is 0.329 e. The predicted molar refractivity (Wildman–Crippen MR) is 92.6 cm³/mol. The standard InChI is InChI=1S/C16H12ClN3O3S/c17-10-3-5-11(6-4-10)18-14(21)9-20-15(22)13(19-16(20)23)8-12-2-1-7-24-12/h1-8H,9H2,(H,18,21)(H,19,23)/b13-8-. The van der Waals surface area contributed by atoms with Crippen LogP contribution in [0.3, 0.4) is 0 Å². The molecule has 0 atom stereocenters. The van der Waals surface area contributed by atoms with E-state index in [-0.39, 0.29) is 12.2 Å². The van der Waals surface area contributed by atoms with E-state index in [9.17, 15) is 14.4 Å². The van der Waals surface area contributed by atoms with Crippen LogP contribution in [0.15, 0.2) is 47.5 Å². The van der Waals surface area contributed by atoms with E-state index in [1.54, 1.807) is 30.3 Å². The van der Waals surface area contributed by atoms with Crippen molar-refractivity contribution in [2.45, 2.75) is 0 Å². The molecule has 0 spiro atoms. The fourth-order valence-corrected chi connectivity index (χ4v) is 2.89. The minimum absolute atomic E-state index is 0.154. The maximum absolute atomic E-state index is 12.3. The van der Waals surface area contributed by atoms with E-state index in [1.807, 2.05) is 17.5 Å². The van der Waals surface area contributed by atoms with Crippen LogP contribution in [0.4, 0.5) is 10.5 Å². The topological polar surface area (TPSA) is 78.5 Å². The van der Waals surface area contributed by atoms with E-state index in [4.69, 9.17) is 11.6 Å². The van der Waals surface area contributed by atoms with Gasteiger partial charge >= 0.3 is 6.03 Å². The fraction of sp³-hybridized carbons (Fsp3) is 0.0625. The van der Waals surface area contributed by atoms with Crippen molar-refractivity contribution in [1.29, 1.82) is 0 Å². The molecule has 8 heteroatoms. The van der Waals surface area contributed by atoms with Crippen molar-refractivity contribution in [3.05, 3.63) is 57.4 Å². The summed E-state index contributed by atoms with van der Waals surface area (Å²) < 4.78 is 0. The molecule has 24 heavy (non-hydrogen) atoms. The summed E-state index contributed by atoms with van der Waals surface area (Å²) in [6.07, 6.45) is 1.59. The van der Waals surface area contributed by atoms with Gasteiger partial charge in [0.25, 0.3) is 5.91 Å². The molecule has 122 valence electrons. The molecule has 0 saturated carbocycles. The molecule has 1 aliphatic heterocycles. The van der Waals surface area contributed by atoms with Crippen molar-refractivity contribution < 1.29 is 14.4 Å². The average Bonchev–Trinajstić information content (AvgIpc) is 3.14. The van der Waals surface area contributed by atoms with Crippen LogP contribution in [-0.2, 0) is 9.59 Å². The lowest BCUT2D eigenvalue weighted by Crippen LogP contribution is -2.38. The quantitative estimate of drug-likeness (QED) is 0.649. The Balaban J connectivity index is 1.66. The number of hydrogen-bond donors (Lipinski definition) is 2. The number of nitrogens with one attached hydrogen (secondary N) is 2. The van der Waals surface area contributed by atoms with E-state index in [0.29, 0.717) is 10.7 Å². The van der Waals surface area contributed by atoms with Crippen LogP contribution in [0.25, 0.3) is 6.08 Å². The van der Waals surface area contributed by atoms with Gasteiger partial charge in [0, 0.05) is 15.6 Å². The summed E-state index contributed by atoms with van der Waals surface area (Å²) in [5.41, 5.74) is 0.688. The van der Waals surface area contributed by atoms with Crippen molar-refractivity contribution in [2.24, 2.45) is 0 Å². The zero-order chi connectivity index (χ0) is 17.1. The summed E-state index contributed by atoms with van der Waals surface area (Å²) in [4.78, 5) is 37.9. The van der Waals surface area contributed by atoms with Gasteiger partial charge in [-0.15, -0.1) is 11.3 Å². The molecule has 0 bridgehead atoms. The van der Waals surface area contributed by atoms with Crippen LogP contribution in [-0.4, -0.2) is 29.3 Å². The Morgan fingerprint density at radius 3 is 2.67 bits per heavy atom. The van der Waals surface area contributed by atoms with Gasteiger partial charge in [-0.2, -0.15) is 0 Å². The van der Waals surface area contributed by atoms with Gasteiger partial charge in [-0.3, -0.25) is 9.59 Å². The molecule has 1 saturated heterocycles. The highest BCUT2D eigenvalue weighted by Gasteiger charge is 2.34. The predicted octanol–water partition coefficient (Wildman–Crippen LogP) is 2.93. The normalized spacial score (nSPS) is 15.7. The fourth-order valence-electron chi connectivity index (χ4n) is 2.11. The third kappa shape index (κ3) is 3.64. The van der Waals surface area contributed by atoms with Crippen molar-refractivity contribution in [3.8, 4) is 0 Å². The van der Waals surface area contributed by atoms with Crippen molar-refractivity contribution in [3.63, 3.8) is 0 Å². The second-order valence-corrected chi connectivity index (χ2v) is 6.37. The molecule has 1 fully saturated rings. The van der Waals surface area contributed by atoms with E-state index >= 15 is 0 Å². The molecule has 3 rings (SSSR count). The highest BCUT2D eigenvalue weighted by molar-refractivity contribution is 7.10. The first-order chi connectivity index (χ1) is 11.5. The summed E-state index contributed by atoms with van der Waals surface area (Å²) in [5, 5.41) is 7.50. The van der Waals surface area contributed by atoms with Crippen LogP contribution in [0.2, 0.25) is 5.02 Å². The van der Waals surface area contributed by atoms with Crippen LogP contribution in [0.5, 0.6) is 0 Å². The molecular weight excluding hydrogens is 350 g/mol. The molecule has 0 aliphatic carbocycles. The van der Waals surface area contributed by atoms with E-state index < -0.39 is 17.8 Å². The SMILES string of the molecule is O=C(CN1C(=O)N/C(=C\c2cccs2)C1=O)Nc1ccc(Cl)cc1. The van der Waals surface area contributed by atoms with E-state index in [2.05, 4.69) is 10.6 Å². The van der Waals surface area contributed by atoms with Gasteiger partial charge in [0.1, 0.15) is 12.2 Å². The number of carbonyl (C=O) groups is 3. The molecule has 1 aromatic carbocycles. The van der Waals surface area contributed by atoms with Gasteiger partial charge in [-0.05, 0) is 41.8 Å². The minimum atomic E-state index is -0.617. The third-order valence-electron chi connectivity index (χ3n) is 3.22. The summed E-state index contributed by atoms with van der Waals surface area (Å²) >= 11 is 7.22. The lowest BCUT2D eigenvalue weighted by Gasteiger charge is -2.11. The second kappa shape index (κ2) is 6.86. The van der Waals surface area contributed by atoms with Crippen LogP contribution in [0, 0.1) is 0 Å². The number of anilines is 1. The van der Waals surface area contributed by atoms with Gasteiger partial charge in [0.05, 0.1) is 0 Å². The molecule has 0 radical (unpaired) electrons. The van der Waals surface area contributed by atoms with Crippen LogP contribution >= 0.6 is 22.9 Å². The van der Waals surface area contributed by atoms with Crippen molar-refractivity contribution >= 4 is 52.5 Å². The second-order valence-electron chi connectivity index (χ2n) is 4.95. The zero-order valence-corrected chi connectivity index (χ0v) is 13.9. The number of halogens is 1. The van der Waals surface area contributed by atoms with Gasteiger partial charge < -0.3 is 10.6 Å². The Morgan fingerprint density at radius 1 is 1.25 bits per heavy atom. The van der Waals surface area contributed by atoms with Gasteiger partial charge in [-0.25, -0.2) is 9.69 Å². The number of thiophene rings is 1. The molecular formula is C16H12ClN3O3S. The number of rotatable bonds is 4. The summed E-state index contributed by atoms with van der Waals surface area (Å²) in [6.45, 7) is -0.366. The Labute approximate surface area is 146 Å². The highest BCUT2D eigenvalue weighted by atomic mass is 35.5. The summed E-state index contributed by atoms with van der Waals surface area (Å²) in [7, 11) is 0. The third-order valence-corrected chi connectivity index (χ3v) is 4.29. The van der Waals surface area contributed by atoms with Crippen LogP contribution in [0.1, 0.15) is 4.88 Å². The first-order valence-electron chi connectivity index (χ1n) is 6.96. The van der Waals surface area contributed by atoms with Gasteiger partial charge in [0.15, 0.2) is 0 Å². The number of hydrogen-bond acceptors (Lipinski definition) is 4. The Kier molecular flexibility index (Phi) is 4.64. The van der Waals surface area contributed by atoms with Crippen molar-refractivity contribution in [1.82, 2.24) is 10.2 Å². The molecule has 1 aliphatic rings. The average molecular weight is 362 g/mol. The maximum Gasteiger partial charge on any atom is 0.329 e. The maximum atomic E-state index is 12.3. The van der Waals surface area contributed by atoms with Gasteiger partial charge in [-0.1, -0.05) is 17.7 Å². The Bertz CT molecular complexity index is 816. The monoisotopic (exact) mass is 361 g/mol. The molecule has 1 aromatic heterocycles. The number of urea groups is 1. The first kappa shape index (κ1) is 16.2. The number of amides is 4. The molecule has 2 N–H and O–H groups in total. The molecule has 4 amide bonds. The smallest absolute Gasteiger partial charge is 0.325 e. The summed E-state index contributed by atoms with van der Waals surface area (Å²) in [5.74, 6) is -1.00. The minimum Gasteiger partial charge on any atom is -0.325 e. The zero-order valence-electron chi connectivity index (χ0n) is 12.3. The molecule has 6 nitrogen and oxygen atoms in total. The van der Waals surface area contributed by atoms with E-state index in [0.717, 1.165) is 9.78 Å².